The van der Waals surface area contributed by atoms with Gasteiger partial charge in [0.1, 0.15) is 0 Å². The second-order valence-electron chi connectivity index (χ2n) is 2.85. The van der Waals surface area contributed by atoms with Crippen LogP contribution in [0, 0.1) is 6.92 Å². The second-order valence-corrected chi connectivity index (χ2v) is 2.85. The van der Waals surface area contributed by atoms with Crippen molar-refractivity contribution in [2.45, 2.75) is 6.92 Å². The molecule has 14 heavy (non-hydrogen) atoms. The minimum atomic E-state index is -0.200. The van der Waals surface area contributed by atoms with Crippen LogP contribution in [0.15, 0.2) is 28.9 Å². The molecule has 0 unspecified atom stereocenters. The van der Waals surface area contributed by atoms with E-state index in [1.165, 1.54) is 6.26 Å². The smallest absolute Gasteiger partial charge is 0.287 e. The highest BCUT2D eigenvalue weighted by atomic mass is 16.3. The Labute approximate surface area is 82.8 Å². The van der Waals surface area contributed by atoms with Gasteiger partial charge in [-0.3, -0.25) is 4.79 Å². The van der Waals surface area contributed by atoms with Crippen LogP contribution in [0.25, 0.3) is 0 Å². The van der Waals surface area contributed by atoms with Gasteiger partial charge in [-0.05, 0) is 13.0 Å². The first kappa shape index (κ1) is 10.5. The van der Waals surface area contributed by atoms with Crippen molar-refractivity contribution in [1.82, 2.24) is 5.32 Å². The van der Waals surface area contributed by atoms with Crippen LogP contribution >= 0.6 is 0 Å². The first-order valence-electron chi connectivity index (χ1n) is 4.43. The fraction of sp³-hybridized carbons (Fsp3) is 0.300. The minimum Gasteiger partial charge on any atom is -0.459 e. The van der Waals surface area contributed by atoms with E-state index in [0.29, 0.717) is 18.8 Å². The third-order valence-electron chi connectivity index (χ3n) is 1.75. The number of hydrogen-bond acceptors (Lipinski definition) is 3. The van der Waals surface area contributed by atoms with Gasteiger partial charge in [0.2, 0.25) is 0 Å². The van der Waals surface area contributed by atoms with Gasteiger partial charge in [-0.2, -0.15) is 0 Å². The molecule has 76 valence electrons. The van der Waals surface area contributed by atoms with E-state index in [9.17, 15) is 4.79 Å². The molecule has 0 aliphatic carbocycles. The second kappa shape index (κ2) is 5.24. The van der Waals surface area contributed by atoms with Crippen LogP contribution in [0.1, 0.15) is 16.1 Å². The lowest BCUT2D eigenvalue weighted by atomic mass is 10.3. The van der Waals surface area contributed by atoms with Crippen LogP contribution in [0.2, 0.25) is 0 Å². The monoisotopic (exact) mass is 194 g/mol. The summed E-state index contributed by atoms with van der Waals surface area (Å²) in [6.45, 7) is 2.78. The predicted octanol–water partition coefficient (Wildman–Crippen LogP) is 0.833. The molecule has 0 aliphatic heterocycles. The van der Waals surface area contributed by atoms with Crippen molar-refractivity contribution in [1.29, 1.82) is 0 Å². The number of carbonyl (C=O) groups is 1. The Morgan fingerprint density at radius 2 is 2.43 bits per heavy atom. The Balaban J connectivity index is 2.44. The summed E-state index contributed by atoms with van der Waals surface area (Å²) in [6.07, 6.45) is 5.09. The summed E-state index contributed by atoms with van der Waals surface area (Å²) in [5.41, 5.74) is 6.08. The van der Waals surface area contributed by atoms with E-state index in [2.05, 4.69) is 5.32 Å². The lowest BCUT2D eigenvalue weighted by Gasteiger charge is -1.99. The van der Waals surface area contributed by atoms with Crippen molar-refractivity contribution in [3.05, 3.63) is 35.8 Å². The highest BCUT2D eigenvalue weighted by Gasteiger charge is 2.10. The minimum absolute atomic E-state index is 0.200. The Kier molecular flexibility index (Phi) is 3.94. The molecule has 0 atom stereocenters. The van der Waals surface area contributed by atoms with Crippen LogP contribution in [-0.4, -0.2) is 19.0 Å². The number of amides is 1. The maximum absolute atomic E-state index is 11.4. The zero-order valence-corrected chi connectivity index (χ0v) is 8.12. The van der Waals surface area contributed by atoms with E-state index in [1.54, 1.807) is 18.2 Å². The fourth-order valence-corrected chi connectivity index (χ4v) is 1.02. The van der Waals surface area contributed by atoms with Crippen molar-refractivity contribution >= 4 is 5.91 Å². The highest BCUT2D eigenvalue weighted by molar-refractivity contribution is 5.92. The summed E-state index contributed by atoms with van der Waals surface area (Å²) < 4.78 is 5.02. The van der Waals surface area contributed by atoms with Gasteiger partial charge >= 0.3 is 0 Å². The van der Waals surface area contributed by atoms with E-state index < -0.39 is 0 Å². The van der Waals surface area contributed by atoms with E-state index in [4.69, 9.17) is 10.2 Å². The number of hydrogen-bond donors (Lipinski definition) is 2. The molecule has 1 amide bonds. The van der Waals surface area contributed by atoms with Gasteiger partial charge in [-0.15, -0.1) is 0 Å². The van der Waals surface area contributed by atoms with Crippen LogP contribution in [0.5, 0.6) is 0 Å². The van der Waals surface area contributed by atoms with Gasteiger partial charge in [0, 0.05) is 18.7 Å². The average Bonchev–Trinajstić information content (AvgIpc) is 2.59. The molecule has 0 aromatic carbocycles. The molecular weight excluding hydrogens is 180 g/mol. The SMILES string of the molecule is Cc1ccoc1C(=O)NC/C=C/CN. The molecule has 1 heterocycles. The summed E-state index contributed by atoms with van der Waals surface area (Å²) in [5, 5.41) is 2.69. The Morgan fingerprint density at radius 1 is 1.64 bits per heavy atom. The lowest BCUT2D eigenvalue weighted by Crippen LogP contribution is -2.23. The third kappa shape index (κ3) is 2.74. The molecular formula is C10H14N2O2. The Bertz CT molecular complexity index is 329. The molecule has 1 aromatic rings. The van der Waals surface area contributed by atoms with Gasteiger partial charge in [0.25, 0.3) is 5.91 Å². The summed E-state index contributed by atoms with van der Waals surface area (Å²) in [5.74, 6) is 0.167. The number of aryl methyl sites for hydroxylation is 1. The molecule has 3 N–H and O–H groups in total. The molecule has 0 saturated carbocycles. The first-order valence-corrected chi connectivity index (χ1v) is 4.43. The highest BCUT2D eigenvalue weighted by Crippen LogP contribution is 2.07. The zero-order valence-electron chi connectivity index (χ0n) is 8.12. The van der Waals surface area contributed by atoms with E-state index >= 15 is 0 Å². The van der Waals surface area contributed by atoms with Gasteiger partial charge < -0.3 is 15.5 Å². The van der Waals surface area contributed by atoms with E-state index in [0.717, 1.165) is 5.56 Å². The van der Waals surface area contributed by atoms with Crippen molar-refractivity contribution < 1.29 is 9.21 Å². The standard InChI is InChI=1S/C10H14N2O2/c1-8-4-7-14-9(8)10(13)12-6-3-2-5-11/h2-4,7H,5-6,11H2,1H3,(H,12,13)/b3-2+. The van der Waals surface area contributed by atoms with Crippen molar-refractivity contribution in [2.24, 2.45) is 5.73 Å². The average molecular weight is 194 g/mol. The summed E-state index contributed by atoms with van der Waals surface area (Å²) in [4.78, 5) is 11.4. The third-order valence-corrected chi connectivity index (χ3v) is 1.75. The van der Waals surface area contributed by atoms with Crippen molar-refractivity contribution in [2.75, 3.05) is 13.1 Å². The number of furan rings is 1. The van der Waals surface area contributed by atoms with E-state index in [1.807, 2.05) is 6.92 Å². The van der Waals surface area contributed by atoms with Crippen LogP contribution in [0.4, 0.5) is 0 Å². The molecule has 1 rings (SSSR count). The number of carbonyl (C=O) groups excluding carboxylic acids is 1. The predicted molar refractivity (Wildman–Crippen MR) is 54.0 cm³/mol. The number of nitrogens with one attached hydrogen (secondary N) is 1. The van der Waals surface area contributed by atoms with Crippen molar-refractivity contribution in [3.8, 4) is 0 Å². The zero-order chi connectivity index (χ0) is 10.4. The van der Waals surface area contributed by atoms with Gasteiger partial charge in [0.05, 0.1) is 6.26 Å². The van der Waals surface area contributed by atoms with E-state index in [-0.39, 0.29) is 5.91 Å². The molecule has 0 spiro atoms. The van der Waals surface area contributed by atoms with Gasteiger partial charge in [-0.1, -0.05) is 12.2 Å². The Morgan fingerprint density at radius 3 is 3.00 bits per heavy atom. The molecule has 4 heteroatoms. The maximum Gasteiger partial charge on any atom is 0.287 e. The number of rotatable bonds is 4. The summed E-state index contributed by atoms with van der Waals surface area (Å²) in [7, 11) is 0. The molecule has 4 nitrogen and oxygen atoms in total. The fourth-order valence-electron chi connectivity index (χ4n) is 1.02. The molecule has 0 bridgehead atoms. The largest absolute Gasteiger partial charge is 0.459 e. The number of nitrogens with two attached hydrogens (primary N) is 1. The maximum atomic E-state index is 11.4. The summed E-state index contributed by atoms with van der Waals surface area (Å²) in [6, 6.07) is 1.75. The molecule has 1 aromatic heterocycles. The van der Waals surface area contributed by atoms with Crippen molar-refractivity contribution in [3.63, 3.8) is 0 Å². The van der Waals surface area contributed by atoms with Crippen LogP contribution in [-0.2, 0) is 0 Å². The lowest BCUT2D eigenvalue weighted by molar-refractivity contribution is 0.0929. The summed E-state index contributed by atoms with van der Waals surface area (Å²) >= 11 is 0. The topological polar surface area (TPSA) is 68.3 Å². The molecule has 0 saturated heterocycles. The Hall–Kier alpha value is -1.55. The van der Waals surface area contributed by atoms with Gasteiger partial charge in [-0.25, -0.2) is 0 Å². The first-order chi connectivity index (χ1) is 6.75. The quantitative estimate of drug-likeness (QED) is 0.698. The van der Waals surface area contributed by atoms with Crippen LogP contribution < -0.4 is 11.1 Å². The molecule has 0 fully saturated rings. The van der Waals surface area contributed by atoms with Crippen LogP contribution in [0.3, 0.4) is 0 Å². The molecule has 0 radical (unpaired) electrons. The normalized spacial score (nSPS) is 10.7. The molecule has 0 aliphatic rings. The van der Waals surface area contributed by atoms with Gasteiger partial charge in [0.15, 0.2) is 5.76 Å².